The lowest BCUT2D eigenvalue weighted by atomic mass is 10.3. The summed E-state index contributed by atoms with van der Waals surface area (Å²) in [5, 5.41) is 7.37. The first-order valence-electron chi connectivity index (χ1n) is 9.16. The van der Waals surface area contributed by atoms with E-state index in [2.05, 4.69) is 20.4 Å². The fourth-order valence-electron chi connectivity index (χ4n) is 3.23. The number of amides is 1. The molecule has 4 aromatic rings. The molecule has 0 aliphatic heterocycles. The lowest BCUT2D eigenvalue weighted by Gasteiger charge is -2.14. The number of para-hydroxylation sites is 2. The summed E-state index contributed by atoms with van der Waals surface area (Å²) in [6.45, 7) is 6.89. The number of aryl methyl sites for hydroxylation is 2. The van der Waals surface area contributed by atoms with Crippen molar-refractivity contribution in [2.24, 2.45) is 0 Å². The summed E-state index contributed by atoms with van der Waals surface area (Å²) in [6.07, 6.45) is 3.13. The summed E-state index contributed by atoms with van der Waals surface area (Å²) in [4.78, 5) is 21.2. The Morgan fingerprint density at radius 1 is 1.29 bits per heavy atom. The van der Waals surface area contributed by atoms with Crippen LogP contribution in [0.2, 0.25) is 0 Å². The minimum atomic E-state index is -0.264. The van der Waals surface area contributed by atoms with Gasteiger partial charge in [0.05, 0.1) is 29.6 Å². The number of fused-ring (bicyclic) bond motifs is 1. The number of rotatable bonds is 6. The van der Waals surface area contributed by atoms with Crippen LogP contribution in [0, 0.1) is 13.8 Å². The molecule has 1 amide bonds. The van der Waals surface area contributed by atoms with Gasteiger partial charge in [0, 0.05) is 11.7 Å². The monoisotopic (exact) mass is 378 g/mol. The molecule has 0 spiro atoms. The number of nitrogens with one attached hydrogen (secondary N) is 1. The first kappa shape index (κ1) is 18.0. The molecule has 0 unspecified atom stereocenters. The SMILES string of the molecule is Cc1cc(C)n(C[C@H](C)NC(=O)c2coc(Cn3cnc4ccccc43)n2)n1. The van der Waals surface area contributed by atoms with Gasteiger partial charge < -0.3 is 14.3 Å². The van der Waals surface area contributed by atoms with Gasteiger partial charge in [-0.2, -0.15) is 5.10 Å². The smallest absolute Gasteiger partial charge is 0.273 e. The summed E-state index contributed by atoms with van der Waals surface area (Å²) in [5.41, 5.74) is 4.19. The summed E-state index contributed by atoms with van der Waals surface area (Å²) in [7, 11) is 0. The van der Waals surface area contributed by atoms with Crippen molar-refractivity contribution in [1.29, 1.82) is 0 Å². The van der Waals surface area contributed by atoms with E-state index in [1.807, 2.05) is 60.4 Å². The van der Waals surface area contributed by atoms with Gasteiger partial charge in [-0.1, -0.05) is 12.1 Å². The Kier molecular flexibility index (Phi) is 4.68. The molecular formula is C20H22N6O2. The second-order valence-corrected chi connectivity index (χ2v) is 6.97. The zero-order chi connectivity index (χ0) is 19.7. The lowest BCUT2D eigenvalue weighted by molar-refractivity contribution is 0.0930. The zero-order valence-electron chi connectivity index (χ0n) is 16.1. The highest BCUT2D eigenvalue weighted by atomic mass is 16.3. The van der Waals surface area contributed by atoms with Crippen LogP contribution in [-0.4, -0.2) is 36.3 Å². The number of carbonyl (C=O) groups is 1. The van der Waals surface area contributed by atoms with Crippen molar-refractivity contribution in [3.05, 3.63) is 65.9 Å². The first-order valence-corrected chi connectivity index (χ1v) is 9.16. The number of imidazole rings is 1. The minimum Gasteiger partial charge on any atom is -0.446 e. The zero-order valence-corrected chi connectivity index (χ0v) is 16.1. The molecule has 3 aromatic heterocycles. The molecule has 8 nitrogen and oxygen atoms in total. The van der Waals surface area contributed by atoms with Crippen LogP contribution in [0.15, 0.2) is 47.3 Å². The van der Waals surface area contributed by atoms with Crippen molar-refractivity contribution in [3.8, 4) is 0 Å². The number of hydrogen-bond acceptors (Lipinski definition) is 5. The van der Waals surface area contributed by atoms with Gasteiger partial charge >= 0.3 is 0 Å². The maximum absolute atomic E-state index is 12.5. The van der Waals surface area contributed by atoms with Crippen molar-refractivity contribution in [3.63, 3.8) is 0 Å². The highest BCUT2D eigenvalue weighted by molar-refractivity contribution is 5.92. The largest absolute Gasteiger partial charge is 0.446 e. The van der Waals surface area contributed by atoms with Crippen LogP contribution in [0.4, 0.5) is 0 Å². The average Bonchev–Trinajstić information content (AvgIpc) is 3.36. The molecule has 4 rings (SSSR count). The van der Waals surface area contributed by atoms with Gasteiger partial charge in [-0.05, 0) is 39.0 Å². The van der Waals surface area contributed by atoms with Crippen LogP contribution in [-0.2, 0) is 13.1 Å². The molecule has 0 aliphatic rings. The van der Waals surface area contributed by atoms with E-state index in [4.69, 9.17) is 4.42 Å². The standard InChI is InChI=1S/C20H22N6O2/c1-13-8-15(3)26(24-13)9-14(2)22-20(27)17-11-28-19(23-17)10-25-12-21-16-6-4-5-7-18(16)25/h4-8,11-12,14H,9-10H2,1-3H3,(H,22,27)/t14-/m0/s1. The fourth-order valence-corrected chi connectivity index (χ4v) is 3.23. The normalized spacial score (nSPS) is 12.4. The number of aromatic nitrogens is 5. The van der Waals surface area contributed by atoms with Gasteiger partial charge in [0.1, 0.15) is 12.8 Å². The Hall–Kier alpha value is -3.42. The van der Waals surface area contributed by atoms with E-state index in [9.17, 15) is 4.79 Å². The van der Waals surface area contributed by atoms with Gasteiger partial charge in [-0.25, -0.2) is 9.97 Å². The van der Waals surface area contributed by atoms with Crippen LogP contribution in [0.25, 0.3) is 11.0 Å². The number of hydrogen-bond donors (Lipinski definition) is 1. The van der Waals surface area contributed by atoms with Gasteiger partial charge in [-0.3, -0.25) is 9.48 Å². The second-order valence-electron chi connectivity index (χ2n) is 6.97. The molecule has 0 radical (unpaired) electrons. The molecule has 1 atom stereocenters. The van der Waals surface area contributed by atoms with E-state index in [0.717, 1.165) is 22.4 Å². The third-order valence-electron chi connectivity index (χ3n) is 4.55. The Bertz CT molecular complexity index is 1120. The van der Waals surface area contributed by atoms with Crippen molar-refractivity contribution in [2.45, 2.75) is 39.9 Å². The maximum Gasteiger partial charge on any atom is 0.273 e. The topological polar surface area (TPSA) is 90.8 Å². The second kappa shape index (κ2) is 7.30. The summed E-state index contributed by atoms with van der Waals surface area (Å²) in [6, 6.07) is 9.75. The molecule has 0 aliphatic carbocycles. The molecule has 8 heteroatoms. The third kappa shape index (κ3) is 3.66. The maximum atomic E-state index is 12.5. The lowest BCUT2D eigenvalue weighted by Crippen LogP contribution is -2.36. The van der Waals surface area contributed by atoms with Crippen LogP contribution < -0.4 is 5.32 Å². The first-order chi connectivity index (χ1) is 13.5. The van der Waals surface area contributed by atoms with Crippen LogP contribution >= 0.6 is 0 Å². The Morgan fingerprint density at radius 2 is 2.11 bits per heavy atom. The van der Waals surface area contributed by atoms with E-state index < -0.39 is 0 Å². The molecule has 0 saturated heterocycles. The van der Waals surface area contributed by atoms with Crippen LogP contribution in [0.1, 0.15) is 34.7 Å². The van der Waals surface area contributed by atoms with E-state index in [0.29, 0.717) is 19.0 Å². The highest BCUT2D eigenvalue weighted by Crippen LogP contribution is 2.14. The number of carbonyl (C=O) groups excluding carboxylic acids is 1. The van der Waals surface area contributed by atoms with Crippen molar-refractivity contribution >= 4 is 16.9 Å². The Labute approximate surface area is 162 Å². The van der Waals surface area contributed by atoms with Crippen molar-refractivity contribution in [2.75, 3.05) is 0 Å². The summed E-state index contributed by atoms with van der Waals surface area (Å²) >= 11 is 0. The Balaban J connectivity index is 1.40. The molecule has 144 valence electrons. The molecule has 28 heavy (non-hydrogen) atoms. The van der Waals surface area contributed by atoms with Crippen molar-refractivity contribution < 1.29 is 9.21 Å². The average molecular weight is 378 g/mol. The third-order valence-corrected chi connectivity index (χ3v) is 4.55. The minimum absolute atomic E-state index is 0.0942. The van der Waals surface area contributed by atoms with Crippen LogP contribution in [0.3, 0.4) is 0 Å². The van der Waals surface area contributed by atoms with Gasteiger partial charge in [-0.15, -0.1) is 0 Å². The highest BCUT2D eigenvalue weighted by Gasteiger charge is 2.16. The van der Waals surface area contributed by atoms with Gasteiger partial charge in [0.25, 0.3) is 5.91 Å². The molecule has 3 heterocycles. The molecule has 1 aromatic carbocycles. The quantitative estimate of drug-likeness (QED) is 0.557. The van der Waals surface area contributed by atoms with E-state index in [1.54, 1.807) is 6.33 Å². The number of oxazole rings is 1. The van der Waals surface area contributed by atoms with E-state index in [1.165, 1.54) is 6.26 Å². The molecule has 0 bridgehead atoms. The molecular weight excluding hydrogens is 356 g/mol. The van der Waals surface area contributed by atoms with Gasteiger partial charge in [0.2, 0.25) is 5.89 Å². The summed E-state index contributed by atoms with van der Waals surface area (Å²) in [5.74, 6) is 0.194. The Morgan fingerprint density at radius 3 is 2.89 bits per heavy atom. The summed E-state index contributed by atoms with van der Waals surface area (Å²) < 4.78 is 9.32. The number of nitrogens with zero attached hydrogens (tertiary/aromatic N) is 5. The molecule has 1 N–H and O–H groups in total. The molecule has 0 fully saturated rings. The molecule has 0 saturated carbocycles. The van der Waals surface area contributed by atoms with E-state index in [-0.39, 0.29) is 17.6 Å². The van der Waals surface area contributed by atoms with Crippen LogP contribution in [0.5, 0.6) is 0 Å². The van der Waals surface area contributed by atoms with Gasteiger partial charge in [0.15, 0.2) is 5.69 Å². The predicted octanol–water partition coefficient (Wildman–Crippen LogP) is 2.70. The fraction of sp³-hybridized carbons (Fsp3) is 0.300. The van der Waals surface area contributed by atoms with E-state index >= 15 is 0 Å². The van der Waals surface area contributed by atoms with Crippen molar-refractivity contribution in [1.82, 2.24) is 29.6 Å². The predicted molar refractivity (Wildman–Crippen MR) is 104 cm³/mol. The number of benzene rings is 1.